The lowest BCUT2D eigenvalue weighted by Gasteiger charge is -2.11. The SMILES string of the molecule is CCCCCNc1cc(C(=O)NCCCN(C)C)nc(C)n1. The second kappa shape index (κ2) is 10.1. The van der Waals surface area contributed by atoms with Gasteiger partial charge in [-0.05, 0) is 40.4 Å². The highest BCUT2D eigenvalue weighted by molar-refractivity contribution is 5.92. The predicted molar refractivity (Wildman–Crippen MR) is 90.3 cm³/mol. The van der Waals surface area contributed by atoms with Crippen molar-refractivity contribution in [2.24, 2.45) is 0 Å². The fourth-order valence-corrected chi connectivity index (χ4v) is 2.05. The minimum absolute atomic E-state index is 0.138. The van der Waals surface area contributed by atoms with Gasteiger partial charge in [0.25, 0.3) is 5.91 Å². The summed E-state index contributed by atoms with van der Waals surface area (Å²) in [6.07, 6.45) is 4.40. The van der Waals surface area contributed by atoms with E-state index in [1.165, 1.54) is 12.8 Å². The van der Waals surface area contributed by atoms with Gasteiger partial charge < -0.3 is 15.5 Å². The van der Waals surface area contributed by atoms with E-state index >= 15 is 0 Å². The molecule has 0 aliphatic carbocycles. The molecule has 124 valence electrons. The average Bonchev–Trinajstić information content (AvgIpc) is 2.47. The molecule has 0 fully saturated rings. The van der Waals surface area contributed by atoms with Crippen LogP contribution in [0.2, 0.25) is 0 Å². The van der Waals surface area contributed by atoms with Gasteiger partial charge in [-0.1, -0.05) is 19.8 Å². The summed E-state index contributed by atoms with van der Waals surface area (Å²) in [7, 11) is 4.04. The summed E-state index contributed by atoms with van der Waals surface area (Å²) < 4.78 is 0. The van der Waals surface area contributed by atoms with Crippen LogP contribution < -0.4 is 10.6 Å². The van der Waals surface area contributed by atoms with Crippen molar-refractivity contribution in [3.8, 4) is 0 Å². The Morgan fingerprint density at radius 1 is 1.18 bits per heavy atom. The molecule has 6 nitrogen and oxygen atoms in total. The van der Waals surface area contributed by atoms with Crippen LogP contribution in [0.3, 0.4) is 0 Å². The normalized spacial score (nSPS) is 10.8. The smallest absolute Gasteiger partial charge is 0.270 e. The molecule has 1 amide bonds. The lowest BCUT2D eigenvalue weighted by Crippen LogP contribution is -2.28. The maximum atomic E-state index is 12.1. The fourth-order valence-electron chi connectivity index (χ4n) is 2.05. The van der Waals surface area contributed by atoms with Crippen LogP contribution in [0.15, 0.2) is 6.07 Å². The van der Waals surface area contributed by atoms with Crippen molar-refractivity contribution in [2.45, 2.75) is 39.5 Å². The fraction of sp³-hybridized carbons (Fsp3) is 0.688. The Bertz CT molecular complexity index is 462. The number of carbonyl (C=O) groups excluding carboxylic acids is 1. The minimum atomic E-state index is -0.138. The van der Waals surface area contributed by atoms with Crippen molar-refractivity contribution >= 4 is 11.7 Å². The summed E-state index contributed by atoms with van der Waals surface area (Å²) in [4.78, 5) is 22.8. The Labute approximate surface area is 133 Å². The van der Waals surface area contributed by atoms with Crippen LogP contribution in [-0.2, 0) is 0 Å². The van der Waals surface area contributed by atoms with Crippen molar-refractivity contribution in [1.29, 1.82) is 0 Å². The molecular formula is C16H29N5O. The maximum Gasteiger partial charge on any atom is 0.270 e. The highest BCUT2D eigenvalue weighted by Crippen LogP contribution is 2.07. The summed E-state index contributed by atoms with van der Waals surface area (Å²) in [5.74, 6) is 1.20. The summed E-state index contributed by atoms with van der Waals surface area (Å²) >= 11 is 0. The quantitative estimate of drug-likeness (QED) is 0.648. The van der Waals surface area contributed by atoms with Crippen LogP contribution in [0.25, 0.3) is 0 Å². The van der Waals surface area contributed by atoms with E-state index in [1.54, 1.807) is 13.0 Å². The standard InChI is InChI=1S/C16H29N5O/c1-5-6-7-9-17-15-12-14(19-13(2)20-15)16(22)18-10-8-11-21(3)4/h12H,5-11H2,1-4H3,(H,18,22)(H,17,19,20). The summed E-state index contributed by atoms with van der Waals surface area (Å²) in [5, 5.41) is 6.16. The Morgan fingerprint density at radius 2 is 1.95 bits per heavy atom. The van der Waals surface area contributed by atoms with E-state index in [-0.39, 0.29) is 5.91 Å². The Hall–Kier alpha value is -1.69. The number of hydrogen-bond donors (Lipinski definition) is 2. The number of nitrogens with zero attached hydrogens (tertiary/aromatic N) is 3. The number of aromatic nitrogens is 2. The molecule has 1 rings (SSSR count). The van der Waals surface area contributed by atoms with Crippen molar-refractivity contribution in [3.05, 3.63) is 17.6 Å². The van der Waals surface area contributed by atoms with Crippen LogP contribution in [0.4, 0.5) is 5.82 Å². The predicted octanol–water partition coefficient (Wildman–Crippen LogP) is 2.07. The molecule has 0 aliphatic heterocycles. The van der Waals surface area contributed by atoms with Crippen LogP contribution in [-0.4, -0.2) is 54.5 Å². The molecule has 0 saturated heterocycles. The average molecular weight is 307 g/mol. The minimum Gasteiger partial charge on any atom is -0.370 e. The van der Waals surface area contributed by atoms with Crippen LogP contribution in [0, 0.1) is 6.92 Å². The van der Waals surface area contributed by atoms with Gasteiger partial charge in [0.05, 0.1) is 0 Å². The van der Waals surface area contributed by atoms with E-state index in [2.05, 4.69) is 32.4 Å². The van der Waals surface area contributed by atoms with Gasteiger partial charge in [0.1, 0.15) is 17.3 Å². The highest BCUT2D eigenvalue weighted by Gasteiger charge is 2.09. The second-order valence-electron chi connectivity index (χ2n) is 5.73. The van der Waals surface area contributed by atoms with Crippen molar-refractivity contribution in [2.75, 3.05) is 39.0 Å². The molecular weight excluding hydrogens is 278 g/mol. The van der Waals surface area contributed by atoms with Crippen LogP contribution in [0.1, 0.15) is 48.9 Å². The number of anilines is 1. The molecule has 1 heterocycles. The first-order chi connectivity index (χ1) is 10.5. The third-order valence-electron chi connectivity index (χ3n) is 3.22. The molecule has 2 N–H and O–H groups in total. The van der Waals surface area contributed by atoms with E-state index in [4.69, 9.17) is 0 Å². The first-order valence-electron chi connectivity index (χ1n) is 8.05. The molecule has 0 atom stereocenters. The van der Waals surface area contributed by atoms with Gasteiger partial charge in [0.15, 0.2) is 0 Å². The zero-order chi connectivity index (χ0) is 16.4. The topological polar surface area (TPSA) is 70.2 Å². The second-order valence-corrected chi connectivity index (χ2v) is 5.73. The molecule has 1 aromatic heterocycles. The number of unbranched alkanes of at least 4 members (excludes halogenated alkanes) is 2. The molecule has 22 heavy (non-hydrogen) atoms. The zero-order valence-electron chi connectivity index (χ0n) is 14.3. The van der Waals surface area contributed by atoms with Crippen molar-refractivity contribution in [1.82, 2.24) is 20.2 Å². The zero-order valence-corrected chi connectivity index (χ0v) is 14.3. The monoisotopic (exact) mass is 307 g/mol. The maximum absolute atomic E-state index is 12.1. The van der Waals surface area contributed by atoms with Crippen molar-refractivity contribution < 1.29 is 4.79 Å². The Kier molecular flexibility index (Phi) is 8.43. The summed E-state index contributed by atoms with van der Waals surface area (Å²) in [5.41, 5.74) is 0.426. The van der Waals surface area contributed by atoms with E-state index in [1.807, 2.05) is 14.1 Å². The lowest BCUT2D eigenvalue weighted by atomic mass is 10.2. The molecule has 0 radical (unpaired) electrons. The number of nitrogens with one attached hydrogen (secondary N) is 2. The van der Waals surface area contributed by atoms with Gasteiger partial charge in [-0.25, -0.2) is 9.97 Å². The first-order valence-corrected chi connectivity index (χ1v) is 8.05. The van der Waals surface area contributed by atoms with Crippen molar-refractivity contribution in [3.63, 3.8) is 0 Å². The first kappa shape index (κ1) is 18.4. The number of carbonyl (C=O) groups is 1. The van der Waals surface area contributed by atoms with Gasteiger partial charge in [-0.3, -0.25) is 4.79 Å². The number of amides is 1. The summed E-state index contributed by atoms with van der Waals surface area (Å²) in [6.45, 7) is 6.45. The summed E-state index contributed by atoms with van der Waals surface area (Å²) in [6, 6.07) is 1.72. The molecule has 0 saturated carbocycles. The van der Waals surface area contributed by atoms with Gasteiger partial charge in [0.2, 0.25) is 0 Å². The van der Waals surface area contributed by atoms with Gasteiger partial charge in [0, 0.05) is 19.2 Å². The van der Waals surface area contributed by atoms with Crippen LogP contribution in [0.5, 0.6) is 0 Å². The van der Waals surface area contributed by atoms with Gasteiger partial charge in [-0.2, -0.15) is 0 Å². The Balaban J connectivity index is 2.50. The number of aryl methyl sites for hydroxylation is 1. The van der Waals surface area contributed by atoms with E-state index in [0.29, 0.717) is 18.1 Å². The molecule has 0 unspecified atom stereocenters. The number of hydrogen-bond acceptors (Lipinski definition) is 5. The third-order valence-corrected chi connectivity index (χ3v) is 3.22. The number of rotatable bonds is 10. The van der Waals surface area contributed by atoms with E-state index in [9.17, 15) is 4.79 Å². The van der Waals surface area contributed by atoms with E-state index < -0.39 is 0 Å². The largest absolute Gasteiger partial charge is 0.370 e. The molecule has 0 bridgehead atoms. The molecule has 0 aliphatic rings. The lowest BCUT2D eigenvalue weighted by molar-refractivity contribution is 0.0947. The molecule has 6 heteroatoms. The molecule has 1 aromatic rings. The van der Waals surface area contributed by atoms with Gasteiger partial charge >= 0.3 is 0 Å². The third kappa shape index (κ3) is 7.36. The van der Waals surface area contributed by atoms with Crippen LogP contribution >= 0.6 is 0 Å². The van der Waals surface area contributed by atoms with Gasteiger partial charge in [-0.15, -0.1) is 0 Å². The molecule has 0 spiro atoms. The highest BCUT2D eigenvalue weighted by atomic mass is 16.1. The van der Waals surface area contributed by atoms with E-state index in [0.717, 1.165) is 31.7 Å². The molecule has 0 aromatic carbocycles. The Morgan fingerprint density at radius 3 is 2.64 bits per heavy atom.